The second-order valence-electron chi connectivity index (χ2n) is 4.45. The Morgan fingerprint density at radius 1 is 1.47 bits per heavy atom. The topological polar surface area (TPSA) is 26.3 Å². The average Bonchev–Trinajstić information content (AvgIpc) is 2.26. The smallest absolute Gasteiger partial charge is 0.338 e. The summed E-state index contributed by atoms with van der Waals surface area (Å²) in [5.41, 5.74) is 1.05. The Morgan fingerprint density at radius 2 is 2.18 bits per heavy atom. The molecular formula is C14H19FO2. The molecule has 0 amide bonds. The fourth-order valence-electron chi connectivity index (χ4n) is 1.73. The molecule has 0 radical (unpaired) electrons. The lowest BCUT2D eigenvalue weighted by Crippen LogP contribution is -2.13. The molecule has 1 rings (SSSR count). The van der Waals surface area contributed by atoms with Gasteiger partial charge < -0.3 is 4.74 Å². The summed E-state index contributed by atoms with van der Waals surface area (Å²) in [6, 6.07) is 4.09. The van der Waals surface area contributed by atoms with Gasteiger partial charge >= 0.3 is 5.97 Å². The molecule has 1 aromatic rings. The van der Waals surface area contributed by atoms with Crippen LogP contribution in [0.4, 0.5) is 4.39 Å². The molecule has 0 aromatic heterocycles. The second-order valence-corrected chi connectivity index (χ2v) is 4.45. The third-order valence-electron chi connectivity index (χ3n) is 2.69. The number of halogens is 1. The quantitative estimate of drug-likeness (QED) is 0.731. The summed E-state index contributed by atoms with van der Waals surface area (Å²) in [7, 11) is 0. The lowest BCUT2D eigenvalue weighted by atomic mass is 10.1. The van der Waals surface area contributed by atoms with E-state index in [2.05, 4.69) is 6.92 Å². The van der Waals surface area contributed by atoms with Gasteiger partial charge in [0.25, 0.3) is 0 Å². The van der Waals surface area contributed by atoms with Gasteiger partial charge in [0.1, 0.15) is 5.82 Å². The number of benzene rings is 1. The van der Waals surface area contributed by atoms with Crippen molar-refractivity contribution in [1.29, 1.82) is 0 Å². The van der Waals surface area contributed by atoms with Crippen molar-refractivity contribution in [2.75, 3.05) is 6.61 Å². The maximum absolute atomic E-state index is 12.9. The summed E-state index contributed by atoms with van der Waals surface area (Å²) in [5, 5.41) is 0. The van der Waals surface area contributed by atoms with Crippen LogP contribution in [0.5, 0.6) is 0 Å². The first-order valence-electron chi connectivity index (χ1n) is 5.97. The fraction of sp³-hybridized carbons (Fsp3) is 0.500. The lowest BCUT2D eigenvalue weighted by molar-refractivity contribution is 0.0443. The number of hydrogen-bond acceptors (Lipinski definition) is 2. The van der Waals surface area contributed by atoms with Crippen molar-refractivity contribution in [3.63, 3.8) is 0 Å². The molecule has 0 saturated heterocycles. The molecule has 0 bridgehead atoms. The molecular weight excluding hydrogens is 219 g/mol. The molecule has 0 heterocycles. The van der Waals surface area contributed by atoms with Crippen LogP contribution in [0.2, 0.25) is 0 Å². The predicted octanol–water partition coefficient (Wildman–Crippen LogP) is 3.73. The molecule has 0 aliphatic heterocycles. The highest BCUT2D eigenvalue weighted by atomic mass is 19.1. The number of ether oxygens (including phenoxy) is 1. The van der Waals surface area contributed by atoms with E-state index in [1.807, 2.05) is 6.92 Å². The largest absolute Gasteiger partial charge is 0.462 e. The molecule has 17 heavy (non-hydrogen) atoms. The van der Waals surface area contributed by atoms with E-state index in [9.17, 15) is 9.18 Å². The fourth-order valence-corrected chi connectivity index (χ4v) is 1.73. The zero-order valence-electron chi connectivity index (χ0n) is 10.6. The molecule has 0 fully saturated rings. The van der Waals surface area contributed by atoms with Crippen molar-refractivity contribution in [2.45, 2.75) is 33.6 Å². The molecule has 2 nitrogen and oxygen atoms in total. The van der Waals surface area contributed by atoms with Gasteiger partial charge in [0.2, 0.25) is 0 Å². The standard InChI is InChI=1S/C14H19FO2/c1-4-5-10(2)9-17-14(16)13-7-6-12(15)8-11(13)3/h6-8,10H,4-5,9H2,1-3H3. The summed E-state index contributed by atoms with van der Waals surface area (Å²) < 4.78 is 18.1. The Balaban J connectivity index is 2.58. The van der Waals surface area contributed by atoms with Crippen LogP contribution in [-0.2, 0) is 4.74 Å². The van der Waals surface area contributed by atoms with Crippen molar-refractivity contribution in [1.82, 2.24) is 0 Å². The van der Waals surface area contributed by atoms with Crippen LogP contribution in [0.15, 0.2) is 18.2 Å². The molecule has 0 N–H and O–H groups in total. The van der Waals surface area contributed by atoms with Gasteiger partial charge in [0, 0.05) is 0 Å². The van der Waals surface area contributed by atoms with Crippen LogP contribution in [0.3, 0.4) is 0 Å². The SMILES string of the molecule is CCCC(C)COC(=O)c1ccc(F)cc1C. The van der Waals surface area contributed by atoms with Crippen molar-refractivity contribution < 1.29 is 13.9 Å². The molecule has 1 aromatic carbocycles. The number of hydrogen-bond donors (Lipinski definition) is 0. The van der Waals surface area contributed by atoms with Crippen molar-refractivity contribution in [3.05, 3.63) is 35.1 Å². The van der Waals surface area contributed by atoms with Gasteiger partial charge in [-0.2, -0.15) is 0 Å². The summed E-state index contributed by atoms with van der Waals surface area (Å²) in [6.45, 7) is 6.27. The van der Waals surface area contributed by atoms with E-state index in [1.54, 1.807) is 6.92 Å². The van der Waals surface area contributed by atoms with Gasteiger partial charge in [0.15, 0.2) is 0 Å². The van der Waals surface area contributed by atoms with Crippen LogP contribution < -0.4 is 0 Å². The molecule has 0 aliphatic carbocycles. The van der Waals surface area contributed by atoms with E-state index >= 15 is 0 Å². The Hall–Kier alpha value is -1.38. The summed E-state index contributed by atoms with van der Waals surface area (Å²) in [6.07, 6.45) is 2.12. The predicted molar refractivity (Wildman–Crippen MR) is 65.5 cm³/mol. The van der Waals surface area contributed by atoms with Crippen molar-refractivity contribution >= 4 is 5.97 Å². The first kappa shape index (κ1) is 13.7. The van der Waals surface area contributed by atoms with Gasteiger partial charge in [-0.25, -0.2) is 9.18 Å². The number of aryl methyl sites for hydroxylation is 1. The lowest BCUT2D eigenvalue weighted by Gasteiger charge is -2.11. The minimum atomic E-state index is -0.370. The van der Waals surface area contributed by atoms with E-state index in [4.69, 9.17) is 4.74 Å². The van der Waals surface area contributed by atoms with Gasteiger partial charge in [0.05, 0.1) is 12.2 Å². The van der Waals surface area contributed by atoms with E-state index in [-0.39, 0.29) is 11.8 Å². The normalized spacial score (nSPS) is 12.2. The minimum absolute atomic E-state index is 0.335. The van der Waals surface area contributed by atoms with Crippen LogP contribution in [0.25, 0.3) is 0 Å². The van der Waals surface area contributed by atoms with E-state index < -0.39 is 0 Å². The highest BCUT2D eigenvalue weighted by molar-refractivity contribution is 5.90. The first-order chi connectivity index (χ1) is 8.04. The van der Waals surface area contributed by atoms with Gasteiger partial charge in [-0.1, -0.05) is 20.3 Å². The van der Waals surface area contributed by atoms with Crippen LogP contribution in [0, 0.1) is 18.7 Å². The Labute approximate surface area is 102 Å². The van der Waals surface area contributed by atoms with Gasteiger partial charge in [-0.05, 0) is 43.0 Å². The number of esters is 1. The average molecular weight is 238 g/mol. The van der Waals surface area contributed by atoms with Gasteiger partial charge in [-0.3, -0.25) is 0 Å². The van der Waals surface area contributed by atoms with Crippen LogP contribution in [-0.4, -0.2) is 12.6 Å². The number of carbonyl (C=O) groups is 1. The van der Waals surface area contributed by atoms with E-state index in [1.165, 1.54) is 18.2 Å². The molecule has 1 atom stereocenters. The summed E-state index contributed by atoms with van der Waals surface area (Å²) in [5.74, 6) is -0.339. The molecule has 1 unspecified atom stereocenters. The number of rotatable bonds is 5. The molecule has 94 valence electrons. The van der Waals surface area contributed by atoms with E-state index in [0.717, 1.165) is 12.8 Å². The highest BCUT2D eigenvalue weighted by Crippen LogP contribution is 2.13. The highest BCUT2D eigenvalue weighted by Gasteiger charge is 2.12. The third-order valence-corrected chi connectivity index (χ3v) is 2.69. The van der Waals surface area contributed by atoms with E-state index in [0.29, 0.717) is 23.7 Å². The maximum atomic E-state index is 12.9. The van der Waals surface area contributed by atoms with Gasteiger partial charge in [-0.15, -0.1) is 0 Å². The van der Waals surface area contributed by atoms with Crippen molar-refractivity contribution in [2.24, 2.45) is 5.92 Å². The minimum Gasteiger partial charge on any atom is -0.462 e. The maximum Gasteiger partial charge on any atom is 0.338 e. The Morgan fingerprint density at radius 3 is 2.76 bits per heavy atom. The molecule has 3 heteroatoms. The Bertz CT molecular complexity index is 388. The van der Waals surface area contributed by atoms with Crippen molar-refractivity contribution in [3.8, 4) is 0 Å². The zero-order chi connectivity index (χ0) is 12.8. The Kier molecular flexibility index (Phi) is 5.13. The summed E-state index contributed by atoms with van der Waals surface area (Å²) >= 11 is 0. The van der Waals surface area contributed by atoms with Crippen LogP contribution >= 0.6 is 0 Å². The zero-order valence-corrected chi connectivity index (χ0v) is 10.6. The molecule has 0 spiro atoms. The monoisotopic (exact) mass is 238 g/mol. The first-order valence-corrected chi connectivity index (χ1v) is 5.97. The number of carbonyl (C=O) groups excluding carboxylic acids is 1. The third kappa shape index (κ3) is 4.17. The molecule has 0 saturated carbocycles. The molecule has 0 aliphatic rings. The second kappa shape index (κ2) is 6.38. The summed E-state index contributed by atoms with van der Waals surface area (Å²) in [4.78, 5) is 11.7. The van der Waals surface area contributed by atoms with Crippen LogP contribution in [0.1, 0.15) is 42.6 Å².